The Balaban J connectivity index is 1.45. The summed E-state index contributed by atoms with van der Waals surface area (Å²) in [5.41, 5.74) is 1.31. The van der Waals surface area contributed by atoms with Crippen LogP contribution in [0.15, 0.2) is 59.1 Å². The van der Waals surface area contributed by atoms with Crippen LogP contribution in [0, 0.1) is 5.92 Å². The molecule has 0 radical (unpaired) electrons. The van der Waals surface area contributed by atoms with E-state index in [0.717, 1.165) is 23.0 Å². The van der Waals surface area contributed by atoms with Gasteiger partial charge in [0.25, 0.3) is 5.91 Å². The maximum atomic E-state index is 12.5. The number of nitrogens with zero attached hydrogens (tertiary/aromatic N) is 1. The molecule has 0 spiro atoms. The number of para-hydroxylation sites is 1. The quantitative estimate of drug-likeness (QED) is 0.696. The molecule has 1 fully saturated rings. The third kappa shape index (κ3) is 6.15. The lowest BCUT2D eigenvalue weighted by atomic mass is 9.96. The van der Waals surface area contributed by atoms with Gasteiger partial charge in [-0.15, -0.1) is 0 Å². The second-order valence-corrected chi connectivity index (χ2v) is 7.96. The molecule has 1 heterocycles. The van der Waals surface area contributed by atoms with Crippen LogP contribution in [0.3, 0.4) is 0 Å². The van der Waals surface area contributed by atoms with E-state index in [1.807, 2.05) is 30.3 Å². The van der Waals surface area contributed by atoms with E-state index in [2.05, 4.69) is 26.6 Å². The normalized spacial score (nSPS) is 16.2. The zero-order valence-electron chi connectivity index (χ0n) is 16.1. The fraction of sp³-hybridized carbons (Fsp3) is 0.318. The lowest BCUT2D eigenvalue weighted by molar-refractivity contribution is -0.134. The number of hydrogen-bond donors (Lipinski definition) is 2. The van der Waals surface area contributed by atoms with Gasteiger partial charge < -0.3 is 15.5 Å². The Morgan fingerprint density at radius 2 is 1.76 bits per heavy atom. The Kier molecular flexibility index (Phi) is 7.41. The van der Waals surface area contributed by atoms with Crippen molar-refractivity contribution in [2.45, 2.75) is 19.3 Å². The van der Waals surface area contributed by atoms with Crippen LogP contribution in [-0.2, 0) is 9.59 Å². The maximum Gasteiger partial charge on any atom is 0.251 e. The number of anilines is 1. The second kappa shape index (κ2) is 10.2. The van der Waals surface area contributed by atoms with Gasteiger partial charge in [0.1, 0.15) is 0 Å². The van der Waals surface area contributed by atoms with E-state index in [1.165, 1.54) is 0 Å². The van der Waals surface area contributed by atoms with Gasteiger partial charge in [-0.3, -0.25) is 14.4 Å². The van der Waals surface area contributed by atoms with Gasteiger partial charge in [-0.2, -0.15) is 0 Å². The molecular formula is C22H24BrN3O3. The van der Waals surface area contributed by atoms with Gasteiger partial charge >= 0.3 is 0 Å². The van der Waals surface area contributed by atoms with Crippen molar-refractivity contribution in [3.63, 3.8) is 0 Å². The van der Waals surface area contributed by atoms with Crippen molar-refractivity contribution in [3.8, 4) is 0 Å². The molecule has 152 valence electrons. The van der Waals surface area contributed by atoms with Crippen molar-refractivity contribution >= 4 is 39.3 Å². The summed E-state index contributed by atoms with van der Waals surface area (Å²) in [7, 11) is 0. The molecule has 1 aliphatic heterocycles. The van der Waals surface area contributed by atoms with Crippen molar-refractivity contribution in [1.82, 2.24) is 10.2 Å². The monoisotopic (exact) mass is 457 g/mol. The summed E-state index contributed by atoms with van der Waals surface area (Å²) in [6, 6.07) is 16.4. The van der Waals surface area contributed by atoms with Crippen molar-refractivity contribution in [2.24, 2.45) is 5.92 Å². The van der Waals surface area contributed by atoms with E-state index in [4.69, 9.17) is 0 Å². The zero-order valence-corrected chi connectivity index (χ0v) is 17.7. The Morgan fingerprint density at radius 1 is 1.03 bits per heavy atom. The SMILES string of the molecule is O=C(NCCC(=O)N1CCCC(C(=O)Nc2ccccc2)C1)c1ccc(Br)cc1. The molecule has 7 heteroatoms. The number of hydrogen-bond acceptors (Lipinski definition) is 3. The molecule has 2 N–H and O–H groups in total. The van der Waals surface area contributed by atoms with E-state index >= 15 is 0 Å². The predicted octanol–water partition coefficient (Wildman–Crippen LogP) is 3.45. The molecule has 1 atom stereocenters. The second-order valence-electron chi connectivity index (χ2n) is 7.05. The fourth-order valence-electron chi connectivity index (χ4n) is 3.33. The van der Waals surface area contributed by atoms with Gasteiger partial charge in [-0.1, -0.05) is 34.1 Å². The highest BCUT2D eigenvalue weighted by atomic mass is 79.9. The third-order valence-electron chi connectivity index (χ3n) is 4.92. The molecule has 0 aliphatic carbocycles. The summed E-state index contributed by atoms with van der Waals surface area (Å²) in [6.07, 6.45) is 1.78. The molecule has 3 amide bonds. The molecule has 2 aromatic rings. The Morgan fingerprint density at radius 3 is 2.48 bits per heavy atom. The Hall–Kier alpha value is -2.67. The Labute approximate surface area is 178 Å². The van der Waals surface area contributed by atoms with Gasteiger partial charge in [0.15, 0.2) is 0 Å². The average molecular weight is 458 g/mol. The standard InChI is InChI=1S/C22H24BrN3O3/c23-18-10-8-16(9-11-18)21(28)24-13-12-20(27)26-14-4-5-17(15-26)22(29)25-19-6-2-1-3-7-19/h1-3,6-11,17H,4-5,12-15H2,(H,24,28)(H,25,29). The number of carbonyl (C=O) groups excluding carboxylic acids is 3. The number of nitrogens with one attached hydrogen (secondary N) is 2. The van der Waals surface area contributed by atoms with Gasteiger partial charge in [0, 0.05) is 41.8 Å². The lowest BCUT2D eigenvalue weighted by Gasteiger charge is -2.32. The minimum Gasteiger partial charge on any atom is -0.352 e. The molecule has 0 bridgehead atoms. The van der Waals surface area contributed by atoms with E-state index in [9.17, 15) is 14.4 Å². The number of likely N-dealkylation sites (tertiary alicyclic amines) is 1. The van der Waals surface area contributed by atoms with Crippen LogP contribution in [0.1, 0.15) is 29.6 Å². The minimum atomic E-state index is -0.217. The highest BCUT2D eigenvalue weighted by Crippen LogP contribution is 2.19. The third-order valence-corrected chi connectivity index (χ3v) is 5.45. The number of amides is 3. The number of benzene rings is 2. The van der Waals surface area contributed by atoms with E-state index in [1.54, 1.807) is 29.2 Å². The van der Waals surface area contributed by atoms with Gasteiger partial charge in [-0.05, 0) is 49.2 Å². The summed E-state index contributed by atoms with van der Waals surface area (Å²) in [4.78, 5) is 38.9. The zero-order chi connectivity index (χ0) is 20.6. The van der Waals surface area contributed by atoms with Crippen LogP contribution in [0.25, 0.3) is 0 Å². The summed E-state index contributed by atoms with van der Waals surface area (Å²) >= 11 is 3.33. The topological polar surface area (TPSA) is 78.5 Å². The van der Waals surface area contributed by atoms with Gasteiger partial charge in [0.05, 0.1) is 5.92 Å². The smallest absolute Gasteiger partial charge is 0.251 e. The fourth-order valence-corrected chi connectivity index (χ4v) is 3.59. The maximum absolute atomic E-state index is 12.5. The van der Waals surface area contributed by atoms with Crippen molar-refractivity contribution in [1.29, 1.82) is 0 Å². The van der Waals surface area contributed by atoms with Gasteiger partial charge in [0.2, 0.25) is 11.8 Å². The van der Waals surface area contributed by atoms with Crippen molar-refractivity contribution in [2.75, 3.05) is 25.0 Å². The molecule has 1 aliphatic rings. The van der Waals surface area contributed by atoms with Crippen LogP contribution < -0.4 is 10.6 Å². The first-order valence-electron chi connectivity index (χ1n) is 9.70. The van der Waals surface area contributed by atoms with Gasteiger partial charge in [-0.25, -0.2) is 0 Å². The Bertz CT molecular complexity index is 855. The summed E-state index contributed by atoms with van der Waals surface area (Å²) in [5.74, 6) is -0.523. The molecule has 1 unspecified atom stereocenters. The molecule has 0 aromatic heterocycles. The number of carbonyl (C=O) groups is 3. The predicted molar refractivity (Wildman–Crippen MR) is 115 cm³/mol. The van der Waals surface area contributed by atoms with E-state index in [0.29, 0.717) is 18.7 Å². The first kappa shape index (κ1) is 21.0. The van der Waals surface area contributed by atoms with E-state index in [-0.39, 0.29) is 36.6 Å². The number of piperidine rings is 1. The lowest BCUT2D eigenvalue weighted by Crippen LogP contribution is -2.44. The van der Waals surface area contributed by atoms with Crippen molar-refractivity contribution in [3.05, 3.63) is 64.6 Å². The average Bonchev–Trinajstić information content (AvgIpc) is 2.75. The molecule has 29 heavy (non-hydrogen) atoms. The van der Waals surface area contributed by atoms with Crippen LogP contribution in [0.2, 0.25) is 0 Å². The molecule has 6 nitrogen and oxygen atoms in total. The van der Waals surface area contributed by atoms with Crippen LogP contribution >= 0.6 is 15.9 Å². The minimum absolute atomic E-state index is 0.0432. The molecule has 1 saturated heterocycles. The molecular weight excluding hydrogens is 434 g/mol. The van der Waals surface area contributed by atoms with Crippen LogP contribution in [0.4, 0.5) is 5.69 Å². The summed E-state index contributed by atoms with van der Waals surface area (Å²) in [6.45, 7) is 1.33. The summed E-state index contributed by atoms with van der Waals surface area (Å²) in [5, 5.41) is 5.69. The number of rotatable bonds is 6. The molecule has 2 aromatic carbocycles. The van der Waals surface area contributed by atoms with Crippen LogP contribution in [-0.4, -0.2) is 42.3 Å². The molecule has 0 saturated carbocycles. The highest BCUT2D eigenvalue weighted by molar-refractivity contribution is 9.10. The highest BCUT2D eigenvalue weighted by Gasteiger charge is 2.28. The molecule has 3 rings (SSSR count). The number of halogens is 1. The van der Waals surface area contributed by atoms with E-state index < -0.39 is 0 Å². The first-order valence-corrected chi connectivity index (χ1v) is 10.5. The van der Waals surface area contributed by atoms with Crippen molar-refractivity contribution < 1.29 is 14.4 Å². The van der Waals surface area contributed by atoms with Crippen LogP contribution in [0.5, 0.6) is 0 Å². The first-order chi connectivity index (χ1) is 14.0. The summed E-state index contributed by atoms with van der Waals surface area (Å²) < 4.78 is 0.903. The largest absolute Gasteiger partial charge is 0.352 e.